The van der Waals surface area contributed by atoms with Crippen LogP contribution in [0.4, 0.5) is 0 Å². The minimum absolute atomic E-state index is 0.0631. The maximum Gasteiger partial charge on any atom is 0.245 e. The van der Waals surface area contributed by atoms with Crippen molar-refractivity contribution in [3.8, 4) is 0 Å². The van der Waals surface area contributed by atoms with E-state index in [1.165, 1.54) is 40.2 Å². The van der Waals surface area contributed by atoms with Crippen LogP contribution in [0.1, 0.15) is 92.0 Å². The standard InChI is InChI=1S/C23H32N2.C7H11NO.C3H8.C2H6O/c1-8-16(5)13-24-14-21(17(6)15(3)4)23-18(7)25-22-11-10-19(9-2)12-20(22)23;1-3-7(9)8-4-6(2)5-8;1-3-2;1-2-3/h10-16,25H,6,8-9H2,1-5,7H3;3,6H,1,4-5H2,2H3;3H2,1-2H3;3H,2H2,1H3/b21-14+,24-13?;;;. The molecular weight excluding hydrogens is 494 g/mol. The van der Waals surface area contributed by atoms with Gasteiger partial charge in [-0.05, 0) is 73.8 Å². The molecule has 1 fully saturated rings. The molecule has 3 rings (SSSR count). The van der Waals surface area contributed by atoms with Crippen molar-refractivity contribution in [2.75, 3.05) is 19.7 Å². The zero-order valence-electron chi connectivity index (χ0n) is 27.1. The van der Waals surface area contributed by atoms with E-state index in [4.69, 9.17) is 5.11 Å². The smallest absolute Gasteiger partial charge is 0.245 e. The van der Waals surface area contributed by atoms with Gasteiger partial charge >= 0.3 is 0 Å². The average molecular weight is 552 g/mol. The van der Waals surface area contributed by atoms with Gasteiger partial charge in [0.2, 0.25) is 5.91 Å². The first-order chi connectivity index (χ1) is 18.9. The van der Waals surface area contributed by atoms with Crippen LogP contribution in [0.25, 0.3) is 16.5 Å². The Labute approximate surface area is 245 Å². The Bertz CT molecular complexity index is 1100. The molecule has 5 nitrogen and oxygen atoms in total. The minimum Gasteiger partial charge on any atom is -0.397 e. The number of aliphatic hydroxyl groups is 1. The molecule has 1 aromatic carbocycles. The van der Waals surface area contributed by atoms with Gasteiger partial charge in [0.1, 0.15) is 0 Å². The van der Waals surface area contributed by atoms with Gasteiger partial charge < -0.3 is 15.0 Å². The lowest BCUT2D eigenvalue weighted by atomic mass is 9.90. The molecule has 0 saturated carbocycles. The summed E-state index contributed by atoms with van der Waals surface area (Å²) in [6.45, 7) is 31.0. The highest BCUT2D eigenvalue weighted by atomic mass is 16.2. The average Bonchev–Trinajstić information content (AvgIpc) is 3.24. The number of aliphatic imine (C=N–C) groups is 1. The van der Waals surface area contributed by atoms with Gasteiger partial charge in [-0.25, -0.2) is 0 Å². The maximum absolute atomic E-state index is 10.7. The van der Waals surface area contributed by atoms with E-state index in [1.807, 2.05) is 12.4 Å². The molecule has 0 bridgehead atoms. The summed E-state index contributed by atoms with van der Waals surface area (Å²) in [5.41, 5.74) is 7.22. The van der Waals surface area contributed by atoms with Crippen LogP contribution in [0.15, 0.2) is 54.2 Å². The van der Waals surface area contributed by atoms with Crippen molar-refractivity contribution < 1.29 is 9.90 Å². The number of likely N-dealkylation sites (tertiary alicyclic amines) is 1. The third-order valence-corrected chi connectivity index (χ3v) is 6.51. The predicted molar refractivity (Wildman–Crippen MR) is 177 cm³/mol. The quantitative estimate of drug-likeness (QED) is 0.196. The number of carbonyl (C=O) groups excluding carboxylic acids is 1. The van der Waals surface area contributed by atoms with E-state index in [-0.39, 0.29) is 12.5 Å². The summed E-state index contributed by atoms with van der Waals surface area (Å²) >= 11 is 0. The Hall–Kier alpha value is -2.92. The topological polar surface area (TPSA) is 68.7 Å². The number of aliphatic hydroxyl groups excluding tert-OH is 1. The zero-order chi connectivity index (χ0) is 30.8. The van der Waals surface area contributed by atoms with E-state index in [0.29, 0.717) is 17.8 Å². The van der Waals surface area contributed by atoms with E-state index < -0.39 is 0 Å². The van der Waals surface area contributed by atoms with Gasteiger partial charge in [0.05, 0.1) is 0 Å². The zero-order valence-corrected chi connectivity index (χ0v) is 27.1. The van der Waals surface area contributed by atoms with E-state index >= 15 is 0 Å². The second-order valence-corrected chi connectivity index (χ2v) is 10.8. The van der Waals surface area contributed by atoms with Crippen molar-refractivity contribution in [3.63, 3.8) is 0 Å². The lowest BCUT2D eigenvalue weighted by molar-refractivity contribution is -0.131. The van der Waals surface area contributed by atoms with E-state index in [1.54, 1.807) is 11.8 Å². The SMILES string of the molecule is C=C(/C(=C\N=CC(C)CC)c1c(C)[nH]c2ccc(CC)cc12)C(C)C.C=CC(=O)N1CC(C)C1.CCC.CCO. The van der Waals surface area contributed by atoms with E-state index in [0.717, 1.165) is 37.1 Å². The second kappa shape index (κ2) is 20.0. The number of hydrogen-bond donors (Lipinski definition) is 2. The molecule has 224 valence electrons. The van der Waals surface area contributed by atoms with E-state index in [2.05, 4.69) is 104 Å². The number of aromatic nitrogens is 1. The monoisotopic (exact) mass is 551 g/mol. The Morgan fingerprint density at radius 3 is 2.20 bits per heavy atom. The molecule has 1 aliphatic heterocycles. The Kier molecular flexibility index (Phi) is 18.6. The van der Waals surface area contributed by atoms with Gasteiger partial charge in [-0.15, -0.1) is 0 Å². The fourth-order valence-corrected chi connectivity index (χ4v) is 3.94. The number of carbonyl (C=O) groups is 1. The third-order valence-electron chi connectivity index (χ3n) is 6.51. The highest BCUT2D eigenvalue weighted by molar-refractivity contribution is 5.98. The summed E-state index contributed by atoms with van der Waals surface area (Å²) in [5.74, 6) is 1.62. The number of rotatable bonds is 8. The molecule has 0 radical (unpaired) electrons. The fourth-order valence-electron chi connectivity index (χ4n) is 3.94. The number of amides is 1. The van der Waals surface area contributed by atoms with Crippen LogP contribution in [0, 0.1) is 24.7 Å². The summed E-state index contributed by atoms with van der Waals surface area (Å²) in [5, 5.41) is 8.84. The Morgan fingerprint density at radius 2 is 1.75 bits per heavy atom. The van der Waals surface area contributed by atoms with Crippen molar-refractivity contribution in [1.29, 1.82) is 0 Å². The largest absolute Gasteiger partial charge is 0.397 e. The molecule has 1 unspecified atom stereocenters. The second-order valence-electron chi connectivity index (χ2n) is 10.8. The number of nitrogens with zero attached hydrogens (tertiary/aromatic N) is 2. The van der Waals surface area contributed by atoms with Crippen molar-refractivity contribution in [2.24, 2.45) is 22.7 Å². The number of benzene rings is 1. The number of nitrogens with one attached hydrogen (secondary N) is 1. The van der Waals surface area contributed by atoms with Crippen LogP contribution >= 0.6 is 0 Å². The first-order valence-electron chi connectivity index (χ1n) is 15.0. The number of aryl methyl sites for hydroxylation is 2. The van der Waals surface area contributed by atoms with Crippen LogP contribution in [0.2, 0.25) is 0 Å². The van der Waals surface area contributed by atoms with Crippen LogP contribution in [0.5, 0.6) is 0 Å². The van der Waals surface area contributed by atoms with Crippen molar-refractivity contribution >= 4 is 28.6 Å². The summed E-state index contributed by atoms with van der Waals surface area (Å²) in [6, 6.07) is 6.68. The number of hydrogen-bond acceptors (Lipinski definition) is 3. The van der Waals surface area contributed by atoms with Crippen LogP contribution in [-0.4, -0.2) is 46.8 Å². The lowest BCUT2D eigenvalue weighted by Gasteiger charge is -2.36. The van der Waals surface area contributed by atoms with Gasteiger partial charge in [0.25, 0.3) is 0 Å². The number of allylic oxidation sites excluding steroid dienone is 2. The minimum atomic E-state index is 0.0631. The molecule has 2 N–H and O–H groups in total. The molecule has 5 heteroatoms. The molecule has 40 heavy (non-hydrogen) atoms. The van der Waals surface area contributed by atoms with Crippen molar-refractivity contribution in [1.82, 2.24) is 9.88 Å². The lowest BCUT2D eigenvalue weighted by Crippen LogP contribution is -2.47. The molecule has 0 spiro atoms. The number of aromatic amines is 1. The first kappa shape index (κ1) is 37.1. The Morgan fingerprint density at radius 1 is 1.18 bits per heavy atom. The fraction of sp³-hybridized carbons (Fsp3) is 0.543. The molecular formula is C35H57N3O2. The van der Waals surface area contributed by atoms with Crippen molar-refractivity contribution in [3.05, 3.63) is 66.0 Å². The summed E-state index contributed by atoms with van der Waals surface area (Å²) in [4.78, 5) is 20.7. The Balaban J connectivity index is 0.000000831. The number of H-pyrrole nitrogens is 1. The van der Waals surface area contributed by atoms with Gasteiger partial charge in [0, 0.05) is 59.8 Å². The maximum atomic E-state index is 10.7. The van der Waals surface area contributed by atoms with Gasteiger partial charge in [-0.2, -0.15) is 0 Å². The molecule has 1 saturated heterocycles. The summed E-state index contributed by atoms with van der Waals surface area (Å²) in [7, 11) is 0. The predicted octanol–water partition coefficient (Wildman–Crippen LogP) is 8.77. The van der Waals surface area contributed by atoms with Crippen LogP contribution in [0.3, 0.4) is 0 Å². The molecule has 1 amide bonds. The van der Waals surface area contributed by atoms with Gasteiger partial charge in [0.15, 0.2) is 0 Å². The third kappa shape index (κ3) is 12.1. The van der Waals surface area contributed by atoms with Crippen LogP contribution < -0.4 is 0 Å². The van der Waals surface area contributed by atoms with Gasteiger partial charge in [-0.1, -0.05) is 81.0 Å². The molecule has 0 aliphatic carbocycles. The van der Waals surface area contributed by atoms with Gasteiger partial charge in [-0.3, -0.25) is 9.79 Å². The first-order valence-corrected chi connectivity index (χ1v) is 15.0. The van der Waals surface area contributed by atoms with E-state index in [9.17, 15) is 4.79 Å². The highest BCUT2D eigenvalue weighted by Gasteiger charge is 2.24. The summed E-state index contributed by atoms with van der Waals surface area (Å²) in [6.07, 6.45) is 8.80. The molecule has 1 atom stereocenters. The van der Waals surface area contributed by atoms with Crippen LogP contribution in [-0.2, 0) is 11.2 Å². The molecule has 2 aromatic rings. The highest BCUT2D eigenvalue weighted by Crippen LogP contribution is 2.35. The molecule has 1 aromatic heterocycles. The summed E-state index contributed by atoms with van der Waals surface area (Å²) < 4.78 is 0. The molecule has 2 heterocycles. The number of fused-ring (bicyclic) bond motifs is 1. The van der Waals surface area contributed by atoms with Crippen molar-refractivity contribution in [2.45, 2.75) is 88.5 Å². The molecule has 1 aliphatic rings. The normalized spacial score (nSPS) is 13.9.